The number of nitrogens with one attached hydrogen (secondary N) is 1. The number of hydrogen-bond donors (Lipinski definition) is 2. The van der Waals surface area contributed by atoms with E-state index in [4.69, 9.17) is 0 Å². The molecule has 0 aromatic carbocycles. The van der Waals surface area contributed by atoms with E-state index in [0.29, 0.717) is 0 Å². The fraction of sp³-hybridized carbons (Fsp3) is 0.200. The molecule has 18 heavy (non-hydrogen) atoms. The van der Waals surface area contributed by atoms with Crippen LogP contribution in [-0.4, -0.2) is 26.3 Å². The van der Waals surface area contributed by atoms with Crippen LogP contribution in [0.4, 0.5) is 5.69 Å². The molecule has 0 aliphatic carbocycles. The Hall–Kier alpha value is -2.09. The maximum absolute atomic E-state index is 11.8. The Bertz CT molecular complexity index is 532. The third-order valence-corrected chi connectivity index (χ3v) is 3.52. The van der Waals surface area contributed by atoms with Crippen LogP contribution in [0.3, 0.4) is 0 Å². The summed E-state index contributed by atoms with van der Waals surface area (Å²) < 4.78 is 0. The molecule has 0 saturated carbocycles. The minimum absolute atomic E-state index is 0.104. The number of nitro groups is 1. The van der Waals surface area contributed by atoms with Crippen LogP contribution in [0.1, 0.15) is 6.42 Å². The van der Waals surface area contributed by atoms with E-state index in [2.05, 4.69) is 10.3 Å². The highest BCUT2D eigenvalue weighted by Gasteiger charge is 2.30. The molecule has 1 aromatic rings. The van der Waals surface area contributed by atoms with Gasteiger partial charge in [0, 0.05) is 23.6 Å². The number of aromatic nitrogens is 1. The van der Waals surface area contributed by atoms with Crippen molar-refractivity contribution in [2.45, 2.75) is 11.8 Å². The van der Waals surface area contributed by atoms with E-state index in [-0.39, 0.29) is 22.8 Å². The molecule has 1 aromatic heterocycles. The van der Waals surface area contributed by atoms with Gasteiger partial charge < -0.3 is 10.4 Å². The minimum Gasteiger partial charge on any atom is -0.506 e. The zero-order valence-electron chi connectivity index (χ0n) is 9.07. The van der Waals surface area contributed by atoms with Crippen molar-refractivity contribution in [2.24, 2.45) is 0 Å². The molecule has 2 heterocycles. The number of carbonyl (C=O) groups excluding carboxylic acids is 1. The quantitative estimate of drug-likeness (QED) is 0.632. The van der Waals surface area contributed by atoms with Crippen LogP contribution < -0.4 is 5.32 Å². The number of pyridine rings is 1. The van der Waals surface area contributed by atoms with E-state index in [1.807, 2.05) is 0 Å². The van der Waals surface area contributed by atoms with Crippen molar-refractivity contribution >= 4 is 23.4 Å². The highest BCUT2D eigenvalue weighted by molar-refractivity contribution is 8.04. The number of hydrogen-bond acceptors (Lipinski definition) is 6. The highest BCUT2D eigenvalue weighted by atomic mass is 32.2. The number of carbonyl (C=O) groups is 1. The zero-order chi connectivity index (χ0) is 13.1. The molecular formula is C10H9N3O4S. The van der Waals surface area contributed by atoms with Crippen molar-refractivity contribution in [1.82, 2.24) is 4.98 Å². The van der Waals surface area contributed by atoms with Crippen LogP contribution in [0.25, 0.3) is 0 Å². The van der Waals surface area contributed by atoms with Gasteiger partial charge in [0.05, 0.1) is 11.1 Å². The summed E-state index contributed by atoms with van der Waals surface area (Å²) in [5, 5.41) is 21.6. The monoisotopic (exact) mass is 267 g/mol. The summed E-state index contributed by atoms with van der Waals surface area (Å²) in [5.74, 6) is -0.583. The maximum atomic E-state index is 11.8. The van der Waals surface area contributed by atoms with Crippen LogP contribution in [0.2, 0.25) is 0 Å². The van der Waals surface area contributed by atoms with Crippen molar-refractivity contribution in [3.05, 3.63) is 39.6 Å². The second kappa shape index (κ2) is 5.05. The summed E-state index contributed by atoms with van der Waals surface area (Å²) in [4.78, 5) is 25.9. The molecule has 1 amide bonds. The standard InChI is InChI=1S/C10H9N3O4S/c14-7-3-4-11-5-6(7)12-10(15)8-1-2-9(18-8)13(16)17/h1,3-5,9H,2H2,(H,11,14)(H,12,15). The lowest BCUT2D eigenvalue weighted by Gasteiger charge is -2.06. The first-order valence-corrected chi connectivity index (χ1v) is 5.90. The van der Waals surface area contributed by atoms with Gasteiger partial charge in [-0.2, -0.15) is 0 Å². The van der Waals surface area contributed by atoms with Gasteiger partial charge in [0.1, 0.15) is 11.4 Å². The van der Waals surface area contributed by atoms with E-state index in [9.17, 15) is 20.0 Å². The van der Waals surface area contributed by atoms with E-state index in [0.717, 1.165) is 11.8 Å². The largest absolute Gasteiger partial charge is 0.506 e. The Labute approximate surface area is 106 Å². The fourth-order valence-corrected chi connectivity index (χ4v) is 2.32. The minimum atomic E-state index is -0.812. The molecular weight excluding hydrogens is 258 g/mol. The van der Waals surface area contributed by atoms with E-state index < -0.39 is 16.2 Å². The van der Waals surface area contributed by atoms with Gasteiger partial charge in [-0.05, 0) is 11.8 Å². The molecule has 0 bridgehead atoms. The van der Waals surface area contributed by atoms with Gasteiger partial charge in [0.2, 0.25) is 0 Å². The predicted molar refractivity (Wildman–Crippen MR) is 65.6 cm³/mol. The molecule has 1 aliphatic rings. The first-order valence-electron chi connectivity index (χ1n) is 5.02. The second-order valence-electron chi connectivity index (χ2n) is 3.51. The Morgan fingerprint density at radius 3 is 3.06 bits per heavy atom. The SMILES string of the molecule is O=C(Nc1cnccc1O)C1=CCC([N+](=O)[O-])S1. The molecule has 0 fully saturated rings. The number of nitrogens with zero attached hydrogens (tertiary/aromatic N) is 2. The van der Waals surface area contributed by atoms with Crippen LogP contribution in [0.5, 0.6) is 5.75 Å². The second-order valence-corrected chi connectivity index (χ2v) is 4.73. The third-order valence-electron chi connectivity index (χ3n) is 2.27. The molecule has 1 unspecified atom stereocenters. The Balaban J connectivity index is 2.02. The highest BCUT2D eigenvalue weighted by Crippen LogP contribution is 2.33. The van der Waals surface area contributed by atoms with E-state index in [1.165, 1.54) is 24.5 Å². The van der Waals surface area contributed by atoms with Crippen LogP contribution in [0, 0.1) is 10.1 Å². The van der Waals surface area contributed by atoms with Gasteiger partial charge in [-0.1, -0.05) is 6.08 Å². The van der Waals surface area contributed by atoms with Crippen LogP contribution in [-0.2, 0) is 4.79 Å². The topological polar surface area (TPSA) is 105 Å². The zero-order valence-corrected chi connectivity index (χ0v) is 9.88. The number of aromatic hydroxyl groups is 1. The summed E-state index contributed by atoms with van der Waals surface area (Å²) >= 11 is 0.900. The fourth-order valence-electron chi connectivity index (χ4n) is 1.39. The molecule has 8 heteroatoms. The van der Waals surface area contributed by atoms with Crippen LogP contribution >= 0.6 is 11.8 Å². The molecule has 1 atom stereocenters. The molecule has 2 N–H and O–H groups in total. The lowest BCUT2D eigenvalue weighted by Crippen LogP contribution is -2.15. The van der Waals surface area contributed by atoms with Crippen molar-refractivity contribution in [2.75, 3.05) is 5.32 Å². The van der Waals surface area contributed by atoms with Crippen molar-refractivity contribution in [3.8, 4) is 5.75 Å². The summed E-state index contributed by atoms with van der Waals surface area (Å²) in [7, 11) is 0. The lowest BCUT2D eigenvalue weighted by atomic mass is 10.3. The normalized spacial score (nSPS) is 18.2. The number of anilines is 1. The van der Waals surface area contributed by atoms with E-state index in [1.54, 1.807) is 0 Å². The molecule has 2 rings (SSSR count). The number of rotatable bonds is 3. The van der Waals surface area contributed by atoms with Gasteiger partial charge in [-0.3, -0.25) is 19.9 Å². The van der Waals surface area contributed by atoms with Crippen molar-refractivity contribution in [3.63, 3.8) is 0 Å². The Kier molecular flexibility index (Phi) is 3.47. The first kappa shape index (κ1) is 12.4. The molecule has 94 valence electrons. The summed E-state index contributed by atoms with van der Waals surface area (Å²) in [5.41, 5.74) is 0.175. The Morgan fingerprint density at radius 1 is 1.67 bits per heavy atom. The average molecular weight is 267 g/mol. The smallest absolute Gasteiger partial charge is 0.266 e. The molecule has 0 saturated heterocycles. The molecule has 0 spiro atoms. The summed E-state index contributed by atoms with van der Waals surface area (Å²) in [6.45, 7) is 0. The lowest BCUT2D eigenvalue weighted by molar-refractivity contribution is -0.493. The molecule has 0 radical (unpaired) electrons. The van der Waals surface area contributed by atoms with Gasteiger partial charge in [-0.25, -0.2) is 0 Å². The summed E-state index contributed by atoms with van der Waals surface area (Å²) in [6, 6.07) is 1.34. The predicted octanol–water partition coefficient (Wildman–Crippen LogP) is 1.35. The van der Waals surface area contributed by atoms with Crippen molar-refractivity contribution < 1.29 is 14.8 Å². The van der Waals surface area contributed by atoms with E-state index >= 15 is 0 Å². The van der Waals surface area contributed by atoms with Gasteiger partial charge in [0.15, 0.2) is 0 Å². The molecule has 1 aliphatic heterocycles. The van der Waals surface area contributed by atoms with Gasteiger partial charge in [0.25, 0.3) is 11.3 Å². The van der Waals surface area contributed by atoms with Gasteiger partial charge in [-0.15, -0.1) is 0 Å². The molecule has 7 nitrogen and oxygen atoms in total. The number of thioether (sulfide) groups is 1. The summed E-state index contributed by atoms with van der Waals surface area (Å²) in [6.07, 6.45) is 4.43. The number of amides is 1. The first-order chi connectivity index (χ1) is 8.58. The average Bonchev–Trinajstić information content (AvgIpc) is 2.81. The third kappa shape index (κ3) is 2.59. The Morgan fingerprint density at radius 2 is 2.44 bits per heavy atom. The van der Waals surface area contributed by atoms with Crippen LogP contribution in [0.15, 0.2) is 29.4 Å². The van der Waals surface area contributed by atoms with Gasteiger partial charge >= 0.3 is 0 Å². The maximum Gasteiger partial charge on any atom is 0.266 e. The van der Waals surface area contributed by atoms with Crippen molar-refractivity contribution in [1.29, 1.82) is 0 Å².